The molecule has 0 atom stereocenters. The first-order valence-electron chi connectivity index (χ1n) is 9.52. The number of aryl methyl sites for hydroxylation is 1. The van der Waals surface area contributed by atoms with Gasteiger partial charge in [0, 0.05) is 25.2 Å². The van der Waals surface area contributed by atoms with E-state index in [-0.39, 0.29) is 18.0 Å². The van der Waals surface area contributed by atoms with Gasteiger partial charge in [-0.25, -0.2) is 8.42 Å². The van der Waals surface area contributed by atoms with Crippen molar-refractivity contribution in [1.82, 2.24) is 8.87 Å². The molecule has 0 saturated carbocycles. The lowest BCUT2D eigenvalue weighted by Gasteiger charge is -2.19. The second-order valence-corrected chi connectivity index (χ2v) is 9.91. The smallest absolute Gasteiger partial charge is 0.279 e. The van der Waals surface area contributed by atoms with Crippen LogP contribution in [0.2, 0.25) is 5.02 Å². The van der Waals surface area contributed by atoms with Crippen LogP contribution >= 0.6 is 22.9 Å². The number of amides is 1. The van der Waals surface area contributed by atoms with E-state index in [2.05, 4.69) is 18.2 Å². The van der Waals surface area contributed by atoms with Gasteiger partial charge in [0.1, 0.15) is 0 Å². The molecule has 0 aliphatic rings. The molecule has 0 saturated heterocycles. The Kier molecular flexibility index (Phi) is 7.27. The number of rotatable bonds is 8. The monoisotopic (exact) mass is 475 g/mol. The molecule has 1 aromatic heterocycles. The van der Waals surface area contributed by atoms with Gasteiger partial charge >= 0.3 is 0 Å². The molecule has 31 heavy (non-hydrogen) atoms. The first-order chi connectivity index (χ1) is 14.8. The number of nitrogens with zero attached hydrogens (tertiary/aromatic N) is 3. The van der Waals surface area contributed by atoms with Gasteiger partial charge in [0.15, 0.2) is 4.80 Å². The average Bonchev–Trinajstić information content (AvgIpc) is 3.12. The quantitative estimate of drug-likeness (QED) is 0.451. The number of benzene rings is 2. The number of aromatic nitrogens is 1. The van der Waals surface area contributed by atoms with Crippen LogP contribution in [0.1, 0.15) is 17.3 Å². The Morgan fingerprint density at radius 1 is 1.16 bits per heavy atom. The molecule has 2 aromatic carbocycles. The predicted molar refractivity (Wildman–Crippen MR) is 126 cm³/mol. The second-order valence-electron chi connectivity index (χ2n) is 6.56. The molecule has 0 spiro atoms. The SMILES string of the molecule is C=CCN(CC=C)S(=O)(=O)c1ccc(C(=O)N=c2sc3cccc(Cl)c3n2CC)cc1. The molecule has 0 unspecified atom stereocenters. The second kappa shape index (κ2) is 9.74. The van der Waals surface area contributed by atoms with E-state index in [1.807, 2.05) is 23.6 Å². The van der Waals surface area contributed by atoms with Crippen molar-refractivity contribution in [3.8, 4) is 0 Å². The standard InChI is InChI=1S/C22H22ClN3O3S2/c1-4-14-25(15-5-2)31(28,29)17-12-10-16(11-13-17)21(27)24-22-26(6-3)20-18(23)8-7-9-19(20)30-22/h4-5,7-13H,1-2,6,14-15H2,3H3. The van der Waals surface area contributed by atoms with E-state index in [1.165, 1.54) is 52.1 Å². The highest BCUT2D eigenvalue weighted by molar-refractivity contribution is 7.89. The molecule has 0 N–H and O–H groups in total. The van der Waals surface area contributed by atoms with Crippen molar-refractivity contribution in [3.05, 3.63) is 83.2 Å². The number of para-hydroxylation sites is 1. The molecule has 0 aliphatic carbocycles. The third kappa shape index (κ3) is 4.72. The van der Waals surface area contributed by atoms with E-state index in [1.54, 1.807) is 6.07 Å². The summed E-state index contributed by atoms with van der Waals surface area (Å²) in [4.78, 5) is 17.6. The summed E-state index contributed by atoms with van der Waals surface area (Å²) in [7, 11) is -3.73. The van der Waals surface area contributed by atoms with Crippen molar-refractivity contribution >= 4 is 49.1 Å². The fourth-order valence-corrected chi connectivity index (χ4v) is 5.93. The van der Waals surface area contributed by atoms with Gasteiger partial charge in [-0.05, 0) is 43.3 Å². The van der Waals surface area contributed by atoms with Crippen LogP contribution in [0.15, 0.2) is 77.7 Å². The summed E-state index contributed by atoms with van der Waals surface area (Å²) in [5, 5.41) is 0.600. The van der Waals surface area contributed by atoms with Crippen molar-refractivity contribution in [2.24, 2.45) is 4.99 Å². The molecule has 6 nitrogen and oxygen atoms in total. The van der Waals surface area contributed by atoms with E-state index in [4.69, 9.17) is 11.6 Å². The zero-order chi connectivity index (χ0) is 22.6. The fraction of sp³-hybridized carbons (Fsp3) is 0.182. The topological polar surface area (TPSA) is 71.7 Å². The summed E-state index contributed by atoms with van der Waals surface area (Å²) < 4.78 is 29.7. The Hall–Kier alpha value is -2.52. The van der Waals surface area contributed by atoms with Crippen LogP contribution in [0.4, 0.5) is 0 Å². The molecular weight excluding hydrogens is 454 g/mol. The molecule has 0 aliphatic heterocycles. The van der Waals surface area contributed by atoms with Crippen molar-refractivity contribution in [2.75, 3.05) is 13.1 Å². The minimum atomic E-state index is -3.73. The van der Waals surface area contributed by atoms with E-state index >= 15 is 0 Å². The van der Waals surface area contributed by atoms with Gasteiger partial charge < -0.3 is 4.57 Å². The van der Waals surface area contributed by atoms with Gasteiger partial charge in [-0.2, -0.15) is 9.30 Å². The number of halogens is 1. The molecular formula is C22H22ClN3O3S2. The zero-order valence-electron chi connectivity index (χ0n) is 17.0. The lowest BCUT2D eigenvalue weighted by Crippen LogP contribution is -2.31. The largest absolute Gasteiger partial charge is 0.315 e. The summed E-state index contributed by atoms with van der Waals surface area (Å²) in [6, 6.07) is 11.3. The number of fused-ring (bicyclic) bond motifs is 1. The van der Waals surface area contributed by atoms with Gasteiger partial charge in [0.25, 0.3) is 5.91 Å². The van der Waals surface area contributed by atoms with E-state index in [0.29, 0.717) is 21.9 Å². The molecule has 0 fully saturated rings. The van der Waals surface area contributed by atoms with Crippen molar-refractivity contribution in [2.45, 2.75) is 18.4 Å². The molecule has 1 amide bonds. The number of sulfonamides is 1. The van der Waals surface area contributed by atoms with E-state index < -0.39 is 15.9 Å². The number of hydrogen-bond donors (Lipinski definition) is 0. The highest BCUT2D eigenvalue weighted by atomic mass is 35.5. The molecule has 0 bridgehead atoms. The van der Waals surface area contributed by atoms with Gasteiger partial charge in [0.05, 0.1) is 20.1 Å². The number of carbonyl (C=O) groups excluding carboxylic acids is 1. The minimum absolute atomic E-state index is 0.0880. The molecule has 3 rings (SSSR count). The Bertz CT molecular complexity index is 1300. The molecule has 9 heteroatoms. The predicted octanol–water partition coefficient (Wildman–Crippen LogP) is 4.48. The Balaban J connectivity index is 1.96. The van der Waals surface area contributed by atoms with Gasteiger partial charge in [-0.3, -0.25) is 4.79 Å². The minimum Gasteiger partial charge on any atom is -0.315 e. The highest BCUT2D eigenvalue weighted by Gasteiger charge is 2.22. The van der Waals surface area contributed by atoms with Crippen LogP contribution in [0.3, 0.4) is 0 Å². The Morgan fingerprint density at radius 2 is 1.81 bits per heavy atom. The van der Waals surface area contributed by atoms with E-state index in [0.717, 1.165) is 10.2 Å². The van der Waals surface area contributed by atoms with Crippen LogP contribution in [0.25, 0.3) is 10.2 Å². The summed E-state index contributed by atoms with van der Waals surface area (Å²) in [5.74, 6) is -0.456. The molecule has 0 radical (unpaired) electrons. The van der Waals surface area contributed by atoms with E-state index in [9.17, 15) is 13.2 Å². The maximum Gasteiger partial charge on any atom is 0.279 e. The van der Waals surface area contributed by atoms with Crippen LogP contribution in [0.5, 0.6) is 0 Å². The lowest BCUT2D eigenvalue weighted by atomic mass is 10.2. The Labute approximate surface area is 190 Å². The summed E-state index contributed by atoms with van der Waals surface area (Å²) in [6.07, 6.45) is 3.02. The average molecular weight is 476 g/mol. The van der Waals surface area contributed by atoms with Crippen molar-refractivity contribution in [1.29, 1.82) is 0 Å². The first kappa shape index (κ1) is 23.1. The van der Waals surface area contributed by atoms with Crippen LogP contribution in [-0.2, 0) is 16.6 Å². The molecule has 3 aromatic rings. The number of carbonyl (C=O) groups is 1. The van der Waals surface area contributed by atoms with Crippen LogP contribution < -0.4 is 4.80 Å². The summed E-state index contributed by atoms with van der Waals surface area (Å²) in [6.45, 7) is 10.1. The number of hydrogen-bond acceptors (Lipinski definition) is 4. The third-order valence-electron chi connectivity index (χ3n) is 4.57. The maximum atomic E-state index is 12.8. The number of thiazole rings is 1. The van der Waals surface area contributed by atoms with Gasteiger partial charge in [-0.15, -0.1) is 13.2 Å². The zero-order valence-corrected chi connectivity index (χ0v) is 19.4. The molecule has 1 heterocycles. The van der Waals surface area contributed by atoms with Gasteiger partial charge in [0.2, 0.25) is 10.0 Å². The normalized spacial score (nSPS) is 12.4. The maximum absolute atomic E-state index is 12.8. The third-order valence-corrected chi connectivity index (χ3v) is 7.76. The Morgan fingerprint density at radius 3 is 2.39 bits per heavy atom. The van der Waals surface area contributed by atoms with Crippen molar-refractivity contribution < 1.29 is 13.2 Å². The molecule has 162 valence electrons. The van der Waals surface area contributed by atoms with Crippen LogP contribution in [0, 0.1) is 0 Å². The van der Waals surface area contributed by atoms with Crippen LogP contribution in [-0.4, -0.2) is 36.3 Å². The van der Waals surface area contributed by atoms with Gasteiger partial charge in [-0.1, -0.05) is 41.2 Å². The summed E-state index contributed by atoms with van der Waals surface area (Å²) >= 11 is 7.70. The summed E-state index contributed by atoms with van der Waals surface area (Å²) in [5.41, 5.74) is 1.14. The lowest BCUT2D eigenvalue weighted by molar-refractivity contribution is 0.0997. The fourth-order valence-electron chi connectivity index (χ4n) is 3.09. The van der Waals surface area contributed by atoms with Crippen molar-refractivity contribution in [3.63, 3.8) is 0 Å². The highest BCUT2D eigenvalue weighted by Crippen LogP contribution is 2.25. The first-order valence-corrected chi connectivity index (χ1v) is 12.2.